The second-order valence-electron chi connectivity index (χ2n) is 5.41. The van der Waals surface area contributed by atoms with E-state index in [9.17, 15) is 4.79 Å². The lowest BCUT2D eigenvalue weighted by atomic mass is 10.2. The zero-order valence-electron chi connectivity index (χ0n) is 13.4. The fourth-order valence-corrected chi connectivity index (χ4v) is 3.94. The number of nitrogens with zero attached hydrogens (tertiary/aromatic N) is 3. The van der Waals surface area contributed by atoms with Gasteiger partial charge in [0.1, 0.15) is 5.75 Å². The van der Waals surface area contributed by atoms with Crippen molar-refractivity contribution >= 4 is 45.6 Å². The van der Waals surface area contributed by atoms with Gasteiger partial charge in [-0.05, 0) is 30.3 Å². The predicted octanol–water partition coefficient (Wildman–Crippen LogP) is 3.68. The number of ether oxygens (including phenoxy) is 1. The van der Waals surface area contributed by atoms with Crippen molar-refractivity contribution in [1.29, 1.82) is 0 Å². The summed E-state index contributed by atoms with van der Waals surface area (Å²) < 4.78 is 7.13. The Morgan fingerprint density at radius 3 is 2.73 bits per heavy atom. The van der Waals surface area contributed by atoms with Crippen molar-refractivity contribution in [2.75, 3.05) is 7.11 Å². The van der Waals surface area contributed by atoms with Gasteiger partial charge in [0, 0.05) is 16.1 Å². The predicted molar refractivity (Wildman–Crippen MR) is 104 cm³/mol. The lowest BCUT2D eigenvalue weighted by Crippen LogP contribution is -2.23. The highest BCUT2D eigenvalue weighted by molar-refractivity contribution is 7.15. The van der Waals surface area contributed by atoms with Crippen molar-refractivity contribution in [3.05, 3.63) is 73.0 Å². The number of hydrogen-bond donors (Lipinski definition) is 0. The van der Waals surface area contributed by atoms with E-state index < -0.39 is 0 Å². The van der Waals surface area contributed by atoms with Gasteiger partial charge >= 0.3 is 0 Å². The van der Waals surface area contributed by atoms with Gasteiger partial charge in [-0.1, -0.05) is 52.7 Å². The van der Waals surface area contributed by atoms with E-state index in [4.69, 9.17) is 27.9 Å². The second kappa shape index (κ2) is 6.72. The van der Waals surface area contributed by atoms with Gasteiger partial charge in [0.05, 0.1) is 16.7 Å². The molecule has 0 unspecified atom stereocenters. The topological polar surface area (TPSA) is 56.5 Å². The molecule has 0 radical (unpaired) electrons. The Balaban J connectivity index is 1.84. The molecule has 26 heavy (non-hydrogen) atoms. The Bertz CT molecular complexity index is 1230. The maximum absolute atomic E-state index is 12.7. The number of aromatic nitrogens is 3. The quantitative estimate of drug-likeness (QED) is 0.523. The summed E-state index contributed by atoms with van der Waals surface area (Å²) in [7, 11) is 1.59. The molecule has 5 nitrogen and oxygen atoms in total. The molecule has 2 aromatic heterocycles. The molecule has 2 aromatic carbocycles. The molecule has 0 atom stereocenters. The van der Waals surface area contributed by atoms with E-state index in [0.29, 0.717) is 36.7 Å². The number of fused-ring (bicyclic) bond motifs is 1. The summed E-state index contributed by atoms with van der Waals surface area (Å²) in [6, 6.07) is 12.5. The third-order valence-corrected chi connectivity index (χ3v) is 5.29. The van der Waals surface area contributed by atoms with Crippen molar-refractivity contribution in [3.8, 4) is 17.1 Å². The minimum Gasteiger partial charge on any atom is -0.496 e. The van der Waals surface area contributed by atoms with Gasteiger partial charge in [-0.25, -0.2) is 0 Å². The summed E-state index contributed by atoms with van der Waals surface area (Å²) in [6.45, 7) is 0. The zero-order valence-corrected chi connectivity index (χ0v) is 15.8. The highest BCUT2D eigenvalue weighted by Gasteiger charge is 2.14. The van der Waals surface area contributed by atoms with Crippen LogP contribution in [0.2, 0.25) is 10.0 Å². The number of halogens is 2. The van der Waals surface area contributed by atoms with E-state index in [2.05, 4.69) is 10.1 Å². The largest absolute Gasteiger partial charge is 0.496 e. The first-order chi connectivity index (χ1) is 12.6. The minimum absolute atomic E-state index is 0.236. The van der Waals surface area contributed by atoms with Crippen molar-refractivity contribution in [2.24, 2.45) is 0 Å². The van der Waals surface area contributed by atoms with Gasteiger partial charge in [-0.15, -0.1) is 5.10 Å². The molecule has 4 rings (SSSR count). The number of benzene rings is 2. The van der Waals surface area contributed by atoms with Crippen LogP contribution in [0.15, 0.2) is 47.3 Å². The van der Waals surface area contributed by atoms with Crippen LogP contribution in [-0.2, 0) is 0 Å². The molecule has 130 valence electrons. The Morgan fingerprint density at radius 2 is 2.00 bits per heavy atom. The van der Waals surface area contributed by atoms with Gasteiger partial charge in [0.15, 0.2) is 5.82 Å². The molecule has 0 amide bonds. The molecule has 0 spiro atoms. The van der Waals surface area contributed by atoms with Crippen LogP contribution in [0.4, 0.5) is 0 Å². The SMILES string of the molecule is COc1ccccc1/C=c1\sc2nc(-c3ccc(Cl)cc3Cl)nn2c1=O. The highest BCUT2D eigenvalue weighted by Crippen LogP contribution is 2.28. The number of hydrogen-bond acceptors (Lipinski definition) is 5. The van der Waals surface area contributed by atoms with Crippen LogP contribution in [-0.4, -0.2) is 21.7 Å². The Kier molecular flexibility index (Phi) is 4.40. The third-order valence-electron chi connectivity index (χ3n) is 3.78. The molecule has 4 aromatic rings. The van der Waals surface area contributed by atoms with Crippen molar-refractivity contribution in [3.63, 3.8) is 0 Å². The molecule has 0 aliphatic heterocycles. The number of rotatable bonds is 3. The monoisotopic (exact) mass is 403 g/mol. The van der Waals surface area contributed by atoms with Crippen LogP contribution in [0.25, 0.3) is 22.4 Å². The first-order valence-corrected chi connectivity index (χ1v) is 9.14. The van der Waals surface area contributed by atoms with Crippen molar-refractivity contribution in [1.82, 2.24) is 14.6 Å². The zero-order chi connectivity index (χ0) is 18.3. The molecule has 0 saturated carbocycles. The molecule has 0 aliphatic carbocycles. The van der Waals surface area contributed by atoms with E-state index in [-0.39, 0.29) is 5.56 Å². The number of thiazole rings is 1. The third kappa shape index (κ3) is 2.96. The van der Waals surface area contributed by atoms with E-state index in [1.54, 1.807) is 31.4 Å². The Hall–Kier alpha value is -2.41. The van der Waals surface area contributed by atoms with E-state index in [1.807, 2.05) is 24.3 Å². The fraction of sp³-hybridized carbons (Fsp3) is 0.0556. The highest BCUT2D eigenvalue weighted by atomic mass is 35.5. The van der Waals surface area contributed by atoms with Crippen LogP contribution in [0.5, 0.6) is 5.75 Å². The summed E-state index contributed by atoms with van der Waals surface area (Å²) in [4.78, 5) is 17.6. The van der Waals surface area contributed by atoms with E-state index >= 15 is 0 Å². The standard InChI is InChI=1S/C18H11Cl2N3O2S/c1-25-14-5-3-2-4-10(14)8-15-17(24)23-18(26-15)21-16(22-23)12-7-6-11(19)9-13(12)20/h2-9H,1H3/b15-8-. The van der Waals surface area contributed by atoms with Crippen LogP contribution in [0.1, 0.15) is 5.56 Å². The fourth-order valence-electron chi connectivity index (χ4n) is 2.55. The lowest BCUT2D eigenvalue weighted by Gasteiger charge is -2.02. The molecular formula is C18H11Cl2N3O2S. The lowest BCUT2D eigenvalue weighted by molar-refractivity contribution is 0.414. The first-order valence-electron chi connectivity index (χ1n) is 7.56. The number of para-hydroxylation sites is 1. The van der Waals surface area contributed by atoms with Crippen molar-refractivity contribution < 1.29 is 4.74 Å². The summed E-state index contributed by atoms with van der Waals surface area (Å²) >= 11 is 13.4. The van der Waals surface area contributed by atoms with Crippen LogP contribution < -0.4 is 14.8 Å². The normalized spacial score (nSPS) is 12.0. The average Bonchev–Trinajstić information content (AvgIpc) is 3.15. The summed E-state index contributed by atoms with van der Waals surface area (Å²) in [5, 5.41) is 5.26. The van der Waals surface area contributed by atoms with Gasteiger partial charge in [0.25, 0.3) is 5.56 Å². The van der Waals surface area contributed by atoms with Gasteiger partial charge in [-0.3, -0.25) is 4.79 Å². The molecule has 8 heteroatoms. The molecule has 0 fully saturated rings. The molecule has 0 saturated heterocycles. The van der Waals surface area contributed by atoms with Gasteiger partial charge < -0.3 is 4.74 Å². The minimum atomic E-state index is -0.236. The number of methoxy groups -OCH3 is 1. The van der Waals surface area contributed by atoms with Crippen molar-refractivity contribution in [2.45, 2.75) is 0 Å². The average molecular weight is 404 g/mol. The molecule has 0 bridgehead atoms. The van der Waals surface area contributed by atoms with Crippen LogP contribution in [0.3, 0.4) is 0 Å². The summed E-state index contributed by atoms with van der Waals surface area (Å²) in [5.41, 5.74) is 1.21. The van der Waals surface area contributed by atoms with Crippen LogP contribution >= 0.6 is 34.5 Å². The maximum Gasteiger partial charge on any atom is 0.291 e. The molecule has 0 N–H and O–H groups in total. The van der Waals surface area contributed by atoms with Gasteiger partial charge in [0.2, 0.25) is 4.96 Å². The summed E-state index contributed by atoms with van der Waals surface area (Å²) in [5.74, 6) is 1.08. The smallest absolute Gasteiger partial charge is 0.291 e. The first kappa shape index (κ1) is 17.0. The molecule has 2 heterocycles. The summed E-state index contributed by atoms with van der Waals surface area (Å²) in [6.07, 6.45) is 1.77. The molecular weight excluding hydrogens is 393 g/mol. The maximum atomic E-state index is 12.7. The van der Waals surface area contributed by atoms with Gasteiger partial charge in [-0.2, -0.15) is 9.50 Å². The van der Waals surface area contributed by atoms with Crippen LogP contribution in [0, 0.1) is 0 Å². The molecule has 0 aliphatic rings. The second-order valence-corrected chi connectivity index (χ2v) is 7.26. The Morgan fingerprint density at radius 1 is 1.19 bits per heavy atom. The van der Waals surface area contributed by atoms with E-state index in [0.717, 1.165) is 5.56 Å². The Labute approximate surface area is 162 Å². The van der Waals surface area contributed by atoms with E-state index in [1.165, 1.54) is 15.9 Å².